The van der Waals surface area contributed by atoms with Crippen molar-refractivity contribution in [3.8, 4) is 0 Å². The maximum absolute atomic E-state index is 12.1. The summed E-state index contributed by atoms with van der Waals surface area (Å²) in [4.78, 5) is 24.2. The number of carbonyl (C=O) groups is 2. The van der Waals surface area contributed by atoms with Gasteiger partial charge in [0, 0.05) is 12.8 Å². The van der Waals surface area contributed by atoms with Crippen molar-refractivity contribution in [2.45, 2.75) is 142 Å². The fraction of sp³-hybridized carbons (Fsp3) is 0.600. The summed E-state index contributed by atoms with van der Waals surface area (Å²) in [6.07, 6.45) is 47.7. The highest BCUT2D eigenvalue weighted by Gasteiger charge is 2.16. The largest absolute Gasteiger partial charge is 0.462 e. The molecule has 0 aromatic rings. The Labute approximate surface area is 275 Å². The molecule has 0 aliphatic carbocycles. The highest BCUT2D eigenvalue weighted by Crippen LogP contribution is 2.11. The van der Waals surface area contributed by atoms with Crippen LogP contribution in [0, 0.1) is 0 Å². The predicted octanol–water partition coefficient (Wildman–Crippen LogP) is 10.8. The number of aliphatic hydroxyl groups is 1. The number of aliphatic hydroxyl groups excluding tert-OH is 1. The molecule has 0 fully saturated rings. The lowest BCUT2D eigenvalue weighted by Crippen LogP contribution is -2.28. The minimum atomic E-state index is -0.796. The van der Waals surface area contributed by atoms with Crippen LogP contribution in [0.5, 0.6) is 0 Å². The third-order valence-corrected chi connectivity index (χ3v) is 7.08. The van der Waals surface area contributed by atoms with Gasteiger partial charge >= 0.3 is 11.9 Å². The van der Waals surface area contributed by atoms with Gasteiger partial charge in [-0.15, -0.1) is 0 Å². The summed E-state index contributed by atoms with van der Waals surface area (Å²) in [5, 5.41) is 9.52. The number of esters is 2. The second-order valence-electron chi connectivity index (χ2n) is 11.4. The van der Waals surface area contributed by atoms with Gasteiger partial charge in [0.15, 0.2) is 6.10 Å². The molecule has 5 nitrogen and oxygen atoms in total. The number of hydrogen-bond donors (Lipinski definition) is 1. The molecule has 0 amide bonds. The molecule has 0 aliphatic rings. The second kappa shape index (κ2) is 35.6. The quantitative estimate of drug-likeness (QED) is 0.0489. The summed E-state index contributed by atoms with van der Waals surface area (Å²) >= 11 is 0. The van der Waals surface area contributed by atoms with Crippen molar-refractivity contribution in [3.05, 3.63) is 85.1 Å². The molecule has 0 radical (unpaired) electrons. The zero-order valence-corrected chi connectivity index (χ0v) is 28.6. The normalized spacial score (nSPS) is 13.2. The molecule has 0 rings (SSSR count). The van der Waals surface area contributed by atoms with Crippen LogP contribution in [0.3, 0.4) is 0 Å². The standard InChI is InChI=1S/C40H64O5/c1-3-5-7-9-11-13-15-17-18-19-20-21-23-25-27-29-31-33-35-40(43)45-38(36-41)37-44-39(42)34-32-30-28-26-24-22-16-14-12-10-8-6-4-2/h6,8,10-21,38,41H,3-5,7,9,22-37H2,1-2H3/b8-6+,12-10+,13-11+,16-14+,17-15+,19-18+,21-20+. The van der Waals surface area contributed by atoms with Crippen molar-refractivity contribution in [1.82, 2.24) is 0 Å². The molecule has 0 aromatic heterocycles. The number of hydrogen-bond acceptors (Lipinski definition) is 5. The molecule has 0 saturated heterocycles. The molecule has 0 aromatic carbocycles. The van der Waals surface area contributed by atoms with E-state index in [-0.39, 0.29) is 25.2 Å². The number of rotatable bonds is 30. The minimum Gasteiger partial charge on any atom is -0.462 e. The van der Waals surface area contributed by atoms with E-state index in [2.05, 4.69) is 86.8 Å². The molecule has 1 unspecified atom stereocenters. The van der Waals surface area contributed by atoms with Crippen LogP contribution in [-0.4, -0.2) is 36.4 Å². The van der Waals surface area contributed by atoms with Crippen LogP contribution in [0.4, 0.5) is 0 Å². The number of unbranched alkanes of at least 4 members (excludes halogenated alkanes) is 13. The Morgan fingerprint density at radius 3 is 1.44 bits per heavy atom. The van der Waals surface area contributed by atoms with Crippen molar-refractivity contribution in [1.29, 1.82) is 0 Å². The van der Waals surface area contributed by atoms with E-state index in [1.807, 2.05) is 12.2 Å². The zero-order chi connectivity index (χ0) is 32.9. The van der Waals surface area contributed by atoms with E-state index < -0.39 is 6.10 Å². The Morgan fingerprint density at radius 1 is 0.533 bits per heavy atom. The van der Waals surface area contributed by atoms with Gasteiger partial charge in [-0.1, -0.05) is 150 Å². The van der Waals surface area contributed by atoms with Gasteiger partial charge in [-0.05, 0) is 57.8 Å². The summed E-state index contributed by atoms with van der Waals surface area (Å²) in [6, 6.07) is 0. The second-order valence-corrected chi connectivity index (χ2v) is 11.4. The van der Waals surface area contributed by atoms with Crippen molar-refractivity contribution in [2.24, 2.45) is 0 Å². The van der Waals surface area contributed by atoms with E-state index in [0.29, 0.717) is 12.8 Å². The van der Waals surface area contributed by atoms with Gasteiger partial charge in [0.1, 0.15) is 6.61 Å². The van der Waals surface area contributed by atoms with Gasteiger partial charge in [-0.2, -0.15) is 0 Å². The lowest BCUT2D eigenvalue weighted by molar-refractivity contribution is -0.161. The first-order valence-corrected chi connectivity index (χ1v) is 17.7. The summed E-state index contributed by atoms with van der Waals surface area (Å²) < 4.78 is 10.5. The fourth-order valence-electron chi connectivity index (χ4n) is 4.39. The van der Waals surface area contributed by atoms with Crippen molar-refractivity contribution >= 4 is 11.9 Å². The number of allylic oxidation sites excluding steroid dienone is 14. The van der Waals surface area contributed by atoms with Crippen LogP contribution in [0.15, 0.2) is 85.1 Å². The first-order valence-electron chi connectivity index (χ1n) is 17.7. The third kappa shape index (κ3) is 33.8. The van der Waals surface area contributed by atoms with Crippen LogP contribution in [0.1, 0.15) is 136 Å². The average Bonchev–Trinajstić information content (AvgIpc) is 3.04. The molecule has 0 aliphatic heterocycles. The van der Waals surface area contributed by atoms with Crippen molar-refractivity contribution in [3.63, 3.8) is 0 Å². The van der Waals surface area contributed by atoms with Crippen LogP contribution in [-0.2, 0) is 19.1 Å². The minimum absolute atomic E-state index is 0.0920. The third-order valence-electron chi connectivity index (χ3n) is 7.08. The highest BCUT2D eigenvalue weighted by atomic mass is 16.6. The Morgan fingerprint density at radius 2 is 0.956 bits per heavy atom. The summed E-state index contributed by atoms with van der Waals surface area (Å²) in [5.41, 5.74) is 0. The summed E-state index contributed by atoms with van der Waals surface area (Å²) in [6.45, 7) is 3.90. The van der Waals surface area contributed by atoms with Gasteiger partial charge in [-0.3, -0.25) is 9.59 Å². The monoisotopic (exact) mass is 624 g/mol. The Kier molecular flexibility index (Phi) is 33.3. The lowest BCUT2D eigenvalue weighted by Gasteiger charge is -2.15. The SMILES string of the molecule is CC/C=C/C=C/C=C/CCCCCCCC(=O)OCC(CO)OC(=O)CCCCCCC/C=C/C=C/C=C/C=C/CCCCC. The van der Waals surface area contributed by atoms with Gasteiger partial charge in [0.05, 0.1) is 6.61 Å². The Bertz CT molecular complexity index is 890. The molecule has 0 heterocycles. The van der Waals surface area contributed by atoms with E-state index >= 15 is 0 Å². The van der Waals surface area contributed by atoms with Crippen LogP contribution in [0.25, 0.3) is 0 Å². The average molecular weight is 625 g/mol. The number of ether oxygens (including phenoxy) is 2. The van der Waals surface area contributed by atoms with Gasteiger partial charge in [0.25, 0.3) is 0 Å². The highest BCUT2D eigenvalue weighted by molar-refractivity contribution is 5.70. The number of carbonyl (C=O) groups excluding carboxylic acids is 2. The Balaban J connectivity index is 3.71. The van der Waals surface area contributed by atoms with Gasteiger partial charge in [-0.25, -0.2) is 0 Å². The summed E-state index contributed by atoms with van der Waals surface area (Å²) in [7, 11) is 0. The van der Waals surface area contributed by atoms with E-state index in [1.54, 1.807) is 0 Å². The molecule has 0 bridgehead atoms. The van der Waals surface area contributed by atoms with Crippen LogP contribution < -0.4 is 0 Å². The molecule has 254 valence electrons. The topological polar surface area (TPSA) is 72.8 Å². The lowest BCUT2D eigenvalue weighted by atomic mass is 10.1. The maximum Gasteiger partial charge on any atom is 0.306 e. The predicted molar refractivity (Wildman–Crippen MR) is 191 cm³/mol. The molecule has 1 atom stereocenters. The van der Waals surface area contributed by atoms with Crippen LogP contribution >= 0.6 is 0 Å². The molecular weight excluding hydrogens is 560 g/mol. The van der Waals surface area contributed by atoms with Gasteiger partial charge in [0.2, 0.25) is 0 Å². The van der Waals surface area contributed by atoms with Crippen LogP contribution in [0.2, 0.25) is 0 Å². The first-order chi connectivity index (χ1) is 22.1. The van der Waals surface area contributed by atoms with E-state index in [0.717, 1.165) is 89.9 Å². The Hall–Kier alpha value is -2.92. The molecule has 5 heteroatoms. The summed E-state index contributed by atoms with van der Waals surface area (Å²) in [5.74, 6) is -0.653. The van der Waals surface area contributed by atoms with Crippen molar-refractivity contribution < 1.29 is 24.2 Å². The van der Waals surface area contributed by atoms with Gasteiger partial charge < -0.3 is 14.6 Å². The van der Waals surface area contributed by atoms with Crippen molar-refractivity contribution in [2.75, 3.05) is 13.2 Å². The molecule has 1 N–H and O–H groups in total. The molecule has 0 spiro atoms. The first kappa shape index (κ1) is 42.1. The van der Waals surface area contributed by atoms with E-state index in [1.165, 1.54) is 19.3 Å². The fourth-order valence-corrected chi connectivity index (χ4v) is 4.39. The molecular formula is C40H64O5. The smallest absolute Gasteiger partial charge is 0.306 e. The maximum atomic E-state index is 12.1. The zero-order valence-electron chi connectivity index (χ0n) is 28.6. The van der Waals surface area contributed by atoms with E-state index in [9.17, 15) is 14.7 Å². The molecule has 0 saturated carbocycles. The molecule has 45 heavy (non-hydrogen) atoms. The van der Waals surface area contributed by atoms with E-state index in [4.69, 9.17) is 9.47 Å².